The summed E-state index contributed by atoms with van der Waals surface area (Å²) in [6.45, 7) is 9.86. The van der Waals surface area contributed by atoms with Crippen LogP contribution in [0.5, 0.6) is 11.5 Å². The molecule has 8 heteroatoms. The molecule has 210 valence electrons. The van der Waals surface area contributed by atoms with Crippen LogP contribution in [0.2, 0.25) is 0 Å². The van der Waals surface area contributed by atoms with Gasteiger partial charge < -0.3 is 24.6 Å². The molecule has 7 nitrogen and oxygen atoms in total. The van der Waals surface area contributed by atoms with Crippen LogP contribution in [0.25, 0.3) is 0 Å². The Hall–Kier alpha value is -3.52. The molecular weight excluding hydrogens is 510 g/mol. The van der Waals surface area contributed by atoms with Crippen molar-refractivity contribution in [2.24, 2.45) is 0 Å². The van der Waals surface area contributed by atoms with Gasteiger partial charge in [0.15, 0.2) is 11.5 Å². The molecule has 3 amide bonds. The van der Waals surface area contributed by atoms with Crippen LogP contribution < -0.4 is 14.8 Å². The quantitative estimate of drug-likeness (QED) is 0.256. The monoisotopic (exact) mass is 551 g/mol. The average molecular weight is 552 g/mol. The van der Waals surface area contributed by atoms with Crippen LogP contribution in [0, 0.1) is 6.92 Å². The smallest absolute Gasteiger partial charge is 0.322 e. The van der Waals surface area contributed by atoms with Crippen molar-refractivity contribution in [1.82, 2.24) is 9.80 Å². The van der Waals surface area contributed by atoms with Gasteiger partial charge in [0.25, 0.3) is 0 Å². The van der Waals surface area contributed by atoms with Crippen molar-refractivity contribution in [2.75, 3.05) is 39.2 Å². The predicted molar refractivity (Wildman–Crippen MR) is 159 cm³/mol. The van der Waals surface area contributed by atoms with E-state index >= 15 is 0 Å². The van der Waals surface area contributed by atoms with Crippen molar-refractivity contribution in [3.8, 4) is 11.5 Å². The summed E-state index contributed by atoms with van der Waals surface area (Å²) in [5, 5.41) is 2.96. The molecule has 1 N–H and O–H groups in total. The molecule has 0 radical (unpaired) electrons. The standard InChI is InChI=1S/C31H41N3O4S/c1-7-17-34(31(36)32-26-12-10-25(11-13-26)22(2)3)21-30(35)33(20-27-14-8-23(4)39-27)18-16-24-9-15-28(37-5)29(19-24)38-6/h8-15,19,22H,7,16-18,20-21H2,1-6H3,(H,32,36). The van der Waals surface area contributed by atoms with Gasteiger partial charge >= 0.3 is 6.03 Å². The highest BCUT2D eigenvalue weighted by molar-refractivity contribution is 7.11. The summed E-state index contributed by atoms with van der Waals surface area (Å²) in [6.07, 6.45) is 1.40. The van der Waals surface area contributed by atoms with E-state index in [2.05, 4.69) is 38.2 Å². The molecule has 0 aliphatic heterocycles. The molecule has 2 aromatic carbocycles. The Morgan fingerprint density at radius 1 is 0.923 bits per heavy atom. The highest BCUT2D eigenvalue weighted by Gasteiger charge is 2.22. The summed E-state index contributed by atoms with van der Waals surface area (Å²) in [5.74, 6) is 1.67. The van der Waals surface area contributed by atoms with Gasteiger partial charge in [-0.05, 0) is 73.2 Å². The maximum Gasteiger partial charge on any atom is 0.322 e. The van der Waals surface area contributed by atoms with Crippen molar-refractivity contribution in [3.05, 3.63) is 75.5 Å². The van der Waals surface area contributed by atoms with Gasteiger partial charge in [-0.25, -0.2) is 4.79 Å². The third kappa shape index (κ3) is 8.75. The molecule has 0 unspecified atom stereocenters. The summed E-state index contributed by atoms with van der Waals surface area (Å²) in [7, 11) is 3.22. The van der Waals surface area contributed by atoms with E-state index in [1.54, 1.807) is 30.5 Å². The summed E-state index contributed by atoms with van der Waals surface area (Å²) in [4.78, 5) is 32.6. The minimum Gasteiger partial charge on any atom is -0.493 e. The molecule has 0 spiro atoms. The van der Waals surface area contributed by atoms with E-state index in [1.807, 2.05) is 54.3 Å². The van der Waals surface area contributed by atoms with E-state index in [9.17, 15) is 9.59 Å². The molecule has 1 heterocycles. The van der Waals surface area contributed by atoms with Crippen LogP contribution in [0.15, 0.2) is 54.6 Å². The second kappa shape index (κ2) is 14.6. The Kier molecular flexibility index (Phi) is 11.2. The van der Waals surface area contributed by atoms with Crippen molar-refractivity contribution in [2.45, 2.75) is 53.0 Å². The third-order valence-corrected chi connectivity index (χ3v) is 7.53. The number of benzene rings is 2. The number of nitrogens with zero attached hydrogens (tertiary/aromatic N) is 2. The third-order valence-electron chi connectivity index (χ3n) is 6.55. The van der Waals surface area contributed by atoms with E-state index in [1.165, 1.54) is 10.4 Å². The molecule has 3 rings (SSSR count). The molecule has 3 aromatic rings. The van der Waals surface area contributed by atoms with Crippen LogP contribution in [0.4, 0.5) is 10.5 Å². The maximum atomic E-state index is 13.6. The maximum absolute atomic E-state index is 13.6. The Morgan fingerprint density at radius 3 is 2.23 bits per heavy atom. The minimum atomic E-state index is -0.269. The number of urea groups is 1. The number of ether oxygens (including phenoxy) is 2. The van der Waals surface area contributed by atoms with Crippen LogP contribution in [-0.2, 0) is 17.8 Å². The first-order valence-corrected chi connectivity index (χ1v) is 14.3. The first kappa shape index (κ1) is 30.0. The lowest BCUT2D eigenvalue weighted by atomic mass is 10.0. The van der Waals surface area contributed by atoms with Gasteiger partial charge in [-0.1, -0.05) is 39.0 Å². The fourth-order valence-corrected chi connectivity index (χ4v) is 5.20. The van der Waals surface area contributed by atoms with Crippen LogP contribution in [0.3, 0.4) is 0 Å². The van der Waals surface area contributed by atoms with E-state index in [0.717, 1.165) is 22.5 Å². The molecule has 0 saturated carbocycles. The average Bonchev–Trinajstić information content (AvgIpc) is 3.35. The summed E-state index contributed by atoms with van der Waals surface area (Å²) in [5.41, 5.74) is 2.97. The van der Waals surface area contributed by atoms with E-state index < -0.39 is 0 Å². The first-order valence-electron chi connectivity index (χ1n) is 13.4. The largest absolute Gasteiger partial charge is 0.493 e. The molecule has 0 bridgehead atoms. The molecule has 0 fully saturated rings. The normalized spacial score (nSPS) is 10.8. The van der Waals surface area contributed by atoms with Gasteiger partial charge in [0.2, 0.25) is 5.91 Å². The number of thiophene rings is 1. The lowest BCUT2D eigenvalue weighted by Crippen LogP contribution is -2.45. The lowest BCUT2D eigenvalue weighted by Gasteiger charge is -2.27. The zero-order chi connectivity index (χ0) is 28.4. The Balaban J connectivity index is 1.73. The number of carbonyl (C=O) groups excluding carboxylic acids is 2. The number of aryl methyl sites for hydroxylation is 1. The van der Waals surface area contributed by atoms with E-state index in [0.29, 0.717) is 43.5 Å². The Morgan fingerprint density at radius 2 is 1.64 bits per heavy atom. The number of rotatable bonds is 13. The molecule has 0 aliphatic rings. The molecule has 0 atom stereocenters. The summed E-state index contributed by atoms with van der Waals surface area (Å²) in [6, 6.07) is 17.5. The number of hydrogen-bond donors (Lipinski definition) is 1. The number of carbonyl (C=O) groups is 2. The molecule has 0 aliphatic carbocycles. The zero-order valence-corrected chi connectivity index (χ0v) is 24.8. The van der Waals surface area contributed by atoms with Crippen LogP contribution in [0.1, 0.15) is 54.0 Å². The van der Waals surface area contributed by atoms with Gasteiger partial charge in [0.05, 0.1) is 20.8 Å². The second-order valence-corrected chi connectivity index (χ2v) is 11.3. The highest BCUT2D eigenvalue weighted by Crippen LogP contribution is 2.28. The molecule has 1 aromatic heterocycles. The SMILES string of the molecule is CCCN(CC(=O)N(CCc1ccc(OC)c(OC)c1)Cc1ccc(C)s1)C(=O)Nc1ccc(C(C)C)cc1. The molecule has 0 saturated heterocycles. The highest BCUT2D eigenvalue weighted by atomic mass is 32.1. The second-order valence-electron chi connectivity index (χ2n) is 9.90. The topological polar surface area (TPSA) is 71.1 Å². The predicted octanol–water partition coefficient (Wildman–Crippen LogP) is 6.71. The van der Waals surface area contributed by atoms with Crippen molar-refractivity contribution >= 4 is 29.0 Å². The fraction of sp³-hybridized carbons (Fsp3) is 0.419. The van der Waals surface area contributed by atoms with Crippen molar-refractivity contribution in [1.29, 1.82) is 0 Å². The fourth-order valence-electron chi connectivity index (χ4n) is 4.29. The van der Waals surface area contributed by atoms with Crippen LogP contribution >= 0.6 is 11.3 Å². The Bertz CT molecular complexity index is 1220. The van der Waals surface area contributed by atoms with E-state index in [-0.39, 0.29) is 18.5 Å². The van der Waals surface area contributed by atoms with Crippen molar-refractivity contribution < 1.29 is 19.1 Å². The minimum absolute atomic E-state index is 0.0139. The number of amides is 3. The van der Waals surface area contributed by atoms with Gasteiger partial charge in [-0.3, -0.25) is 4.79 Å². The van der Waals surface area contributed by atoms with E-state index in [4.69, 9.17) is 9.47 Å². The number of methoxy groups -OCH3 is 2. The molecule has 39 heavy (non-hydrogen) atoms. The lowest BCUT2D eigenvalue weighted by molar-refractivity contribution is -0.132. The zero-order valence-electron chi connectivity index (χ0n) is 24.0. The summed E-state index contributed by atoms with van der Waals surface area (Å²) < 4.78 is 10.8. The van der Waals surface area contributed by atoms with Gasteiger partial charge in [0, 0.05) is 28.5 Å². The number of hydrogen-bond acceptors (Lipinski definition) is 5. The Labute approximate surface area is 236 Å². The van der Waals surface area contributed by atoms with Gasteiger partial charge in [-0.15, -0.1) is 11.3 Å². The summed E-state index contributed by atoms with van der Waals surface area (Å²) >= 11 is 1.68. The number of anilines is 1. The molecular formula is C31H41N3O4S. The number of nitrogens with one attached hydrogen (secondary N) is 1. The van der Waals surface area contributed by atoms with Crippen LogP contribution in [-0.4, -0.2) is 55.6 Å². The van der Waals surface area contributed by atoms with Gasteiger partial charge in [0.1, 0.15) is 6.54 Å². The van der Waals surface area contributed by atoms with Gasteiger partial charge in [-0.2, -0.15) is 0 Å². The van der Waals surface area contributed by atoms with Crippen molar-refractivity contribution in [3.63, 3.8) is 0 Å². The first-order chi connectivity index (χ1) is 18.7.